The lowest BCUT2D eigenvalue weighted by atomic mass is 9.89. The molecule has 3 fully saturated rings. The van der Waals surface area contributed by atoms with E-state index in [9.17, 15) is 26.3 Å². The molecule has 6 aromatic rings. The smallest absolute Gasteiger partial charge is 0.416 e. The quantitative estimate of drug-likeness (QED) is 0.118. The Bertz CT molecular complexity index is 2590. The third kappa shape index (κ3) is 15.5. The van der Waals surface area contributed by atoms with Gasteiger partial charge < -0.3 is 20.7 Å². The van der Waals surface area contributed by atoms with Crippen molar-refractivity contribution in [2.75, 3.05) is 46.4 Å². The van der Waals surface area contributed by atoms with Crippen molar-refractivity contribution in [1.29, 1.82) is 0 Å². The summed E-state index contributed by atoms with van der Waals surface area (Å²) >= 11 is 10.8. The van der Waals surface area contributed by atoms with Gasteiger partial charge in [0.1, 0.15) is 5.75 Å². The van der Waals surface area contributed by atoms with Crippen molar-refractivity contribution in [2.24, 2.45) is 0 Å². The van der Waals surface area contributed by atoms with Crippen LogP contribution in [0.3, 0.4) is 0 Å². The maximum atomic E-state index is 13.2. The molecule has 0 bridgehead atoms. The van der Waals surface area contributed by atoms with E-state index in [4.69, 9.17) is 16.3 Å². The van der Waals surface area contributed by atoms with Gasteiger partial charge in [-0.1, -0.05) is 82.8 Å². The SMILES string of the molecule is COc1ccc(Sc2ccccc2C2CCNCC2)cc1.Cc1ccc(Sc2ccc(C(F)(F)F)cc2C2CCNCC2)c(C)c1.FC(F)(F)c1ccc(Sc2ccc(Cl)cc2)c(C2CCNCC2)c1. The highest BCUT2D eigenvalue weighted by Gasteiger charge is 2.34. The summed E-state index contributed by atoms with van der Waals surface area (Å²) in [5.74, 6) is 1.93. The molecule has 0 amide bonds. The lowest BCUT2D eigenvalue weighted by Gasteiger charge is -2.26. The van der Waals surface area contributed by atoms with Gasteiger partial charge in [-0.25, -0.2) is 0 Å². The molecule has 3 N–H and O–H groups in total. The lowest BCUT2D eigenvalue weighted by Crippen LogP contribution is -2.27. The Hall–Kier alpha value is -4.08. The summed E-state index contributed by atoms with van der Waals surface area (Å²) in [4.78, 5) is 6.53. The van der Waals surface area contributed by atoms with E-state index >= 15 is 0 Å². The Morgan fingerprint density at radius 3 is 1.34 bits per heavy atom. The monoisotopic (exact) mass is 1040 g/mol. The number of aryl methyl sites for hydroxylation is 2. The zero-order valence-corrected chi connectivity index (χ0v) is 42.8. The number of ether oxygens (including phenoxy) is 1. The Labute approximate surface area is 426 Å². The summed E-state index contributed by atoms with van der Waals surface area (Å²) in [6.45, 7) is 9.74. The normalized spacial score (nSPS) is 16.1. The van der Waals surface area contributed by atoms with Gasteiger partial charge in [-0.05, 0) is 229 Å². The van der Waals surface area contributed by atoms with E-state index in [0.717, 1.165) is 107 Å². The van der Waals surface area contributed by atoms with E-state index in [0.29, 0.717) is 10.9 Å². The molecule has 372 valence electrons. The van der Waals surface area contributed by atoms with E-state index in [1.165, 1.54) is 69.8 Å². The van der Waals surface area contributed by atoms with Crippen LogP contribution >= 0.6 is 46.9 Å². The first-order chi connectivity index (χ1) is 33.6. The lowest BCUT2D eigenvalue weighted by molar-refractivity contribution is -0.138. The fourth-order valence-electron chi connectivity index (χ4n) is 9.02. The van der Waals surface area contributed by atoms with Gasteiger partial charge in [-0.2, -0.15) is 26.3 Å². The van der Waals surface area contributed by atoms with Crippen molar-refractivity contribution in [3.63, 3.8) is 0 Å². The number of methoxy groups -OCH3 is 1. The van der Waals surface area contributed by atoms with Gasteiger partial charge in [0.05, 0.1) is 18.2 Å². The Morgan fingerprint density at radius 1 is 0.471 bits per heavy atom. The van der Waals surface area contributed by atoms with E-state index in [-0.39, 0.29) is 11.8 Å². The van der Waals surface area contributed by atoms with E-state index in [1.807, 2.05) is 55.9 Å². The van der Waals surface area contributed by atoms with Gasteiger partial charge in [0.2, 0.25) is 0 Å². The molecule has 3 aliphatic rings. The molecular weight excluding hydrogens is 976 g/mol. The third-order valence-electron chi connectivity index (χ3n) is 12.8. The van der Waals surface area contributed by atoms with Gasteiger partial charge in [-0.3, -0.25) is 0 Å². The molecule has 0 aromatic heterocycles. The number of hydrogen-bond donors (Lipinski definition) is 3. The number of halogens is 7. The molecule has 3 aliphatic heterocycles. The second-order valence-corrected chi connectivity index (χ2v) is 21.6. The van der Waals surface area contributed by atoms with Crippen molar-refractivity contribution in [1.82, 2.24) is 16.0 Å². The molecule has 0 aliphatic carbocycles. The highest BCUT2D eigenvalue weighted by molar-refractivity contribution is 8.00. The standard InChI is InChI=1S/C20H22F3NS.C18H17ClF3NS.C18H21NOS/c1-13-3-5-18(14(2)11-13)25-19-6-4-16(20(21,22)23)12-17(19)15-7-9-24-10-8-15;19-14-2-4-15(5-3-14)24-17-6-1-13(18(20,21)22)11-16(17)12-7-9-23-10-8-12;1-20-15-6-8-16(9-7-15)21-18-5-3-2-4-17(18)14-10-12-19-13-11-14/h3-6,11-12,15,24H,7-10H2,1-2H3;1-6,11-12,23H,7-10H2;2-9,14,19H,10-13H2,1H3. The summed E-state index contributed by atoms with van der Waals surface area (Å²) in [5.41, 5.74) is 4.35. The Kier molecular flexibility index (Phi) is 19.6. The Morgan fingerprint density at radius 2 is 0.886 bits per heavy atom. The predicted molar refractivity (Wildman–Crippen MR) is 277 cm³/mol. The highest BCUT2D eigenvalue weighted by Crippen LogP contribution is 2.44. The maximum absolute atomic E-state index is 13.2. The minimum atomic E-state index is -4.31. The van der Waals surface area contributed by atoms with Crippen molar-refractivity contribution >= 4 is 46.9 Å². The average molecular weight is 1040 g/mol. The van der Waals surface area contributed by atoms with Crippen LogP contribution in [0.4, 0.5) is 26.3 Å². The van der Waals surface area contributed by atoms with Crippen LogP contribution in [-0.4, -0.2) is 46.4 Å². The van der Waals surface area contributed by atoms with E-state index in [2.05, 4.69) is 64.5 Å². The number of rotatable bonds is 10. The van der Waals surface area contributed by atoms with Crippen molar-refractivity contribution in [2.45, 2.75) is 112 Å². The number of benzene rings is 6. The minimum Gasteiger partial charge on any atom is -0.497 e. The third-order valence-corrected chi connectivity index (χ3v) is 16.5. The van der Waals surface area contributed by atoms with Crippen molar-refractivity contribution in [3.8, 4) is 5.75 Å². The second-order valence-electron chi connectivity index (χ2n) is 17.8. The molecule has 9 rings (SSSR count). The summed E-state index contributed by atoms with van der Waals surface area (Å²) in [6, 6.07) is 39.0. The zero-order chi connectivity index (χ0) is 49.7. The van der Waals surface area contributed by atoms with Crippen LogP contribution in [0.25, 0.3) is 0 Å². The first-order valence-electron chi connectivity index (χ1n) is 23.8. The molecule has 3 heterocycles. The van der Waals surface area contributed by atoms with Gasteiger partial charge >= 0.3 is 12.4 Å². The second kappa shape index (κ2) is 25.5. The van der Waals surface area contributed by atoms with Crippen LogP contribution in [0.2, 0.25) is 5.02 Å². The van der Waals surface area contributed by atoms with Crippen LogP contribution in [-0.2, 0) is 12.4 Å². The summed E-state index contributed by atoms with van der Waals surface area (Å²) < 4.78 is 84.1. The summed E-state index contributed by atoms with van der Waals surface area (Å²) in [5, 5.41) is 10.6. The number of hydrogen-bond acceptors (Lipinski definition) is 7. The van der Waals surface area contributed by atoms with Crippen LogP contribution in [0.1, 0.15) is 95.2 Å². The summed E-state index contributed by atoms with van der Waals surface area (Å²) in [6.07, 6.45) is -2.68. The Balaban J connectivity index is 0.000000155. The number of nitrogens with one attached hydrogen (secondary N) is 3. The largest absolute Gasteiger partial charge is 0.497 e. The predicted octanol–water partition coefficient (Wildman–Crippen LogP) is 16.2. The molecule has 0 radical (unpaired) electrons. The van der Waals surface area contributed by atoms with Crippen molar-refractivity contribution in [3.05, 3.63) is 171 Å². The van der Waals surface area contributed by atoms with Gasteiger partial charge in [0, 0.05) is 34.4 Å². The molecule has 0 atom stereocenters. The number of piperidine rings is 3. The maximum Gasteiger partial charge on any atom is 0.416 e. The summed E-state index contributed by atoms with van der Waals surface area (Å²) in [7, 11) is 1.70. The fourth-order valence-corrected chi connectivity index (χ4v) is 12.2. The van der Waals surface area contributed by atoms with Crippen LogP contribution in [0, 0.1) is 13.8 Å². The van der Waals surface area contributed by atoms with E-state index < -0.39 is 23.5 Å². The topological polar surface area (TPSA) is 45.3 Å². The van der Waals surface area contributed by atoms with Crippen molar-refractivity contribution < 1.29 is 31.1 Å². The highest BCUT2D eigenvalue weighted by atomic mass is 35.5. The molecule has 3 saturated heterocycles. The van der Waals surface area contributed by atoms with Gasteiger partial charge in [-0.15, -0.1) is 0 Å². The molecule has 6 aromatic carbocycles. The minimum absolute atomic E-state index is 0.156. The molecular formula is C56H60ClF6N3OS3. The van der Waals surface area contributed by atoms with Gasteiger partial charge in [0.15, 0.2) is 0 Å². The molecule has 0 saturated carbocycles. The number of alkyl halides is 6. The average Bonchev–Trinajstić information content (AvgIpc) is 3.37. The zero-order valence-electron chi connectivity index (χ0n) is 39.6. The molecule has 14 heteroatoms. The van der Waals surface area contributed by atoms with Crippen LogP contribution in [0.5, 0.6) is 5.75 Å². The van der Waals surface area contributed by atoms with Crippen LogP contribution in [0.15, 0.2) is 157 Å². The van der Waals surface area contributed by atoms with Gasteiger partial charge in [0.25, 0.3) is 0 Å². The molecule has 0 spiro atoms. The fraction of sp³-hybridized carbons (Fsp3) is 0.357. The first kappa shape index (κ1) is 53.7. The molecule has 4 nitrogen and oxygen atoms in total. The molecule has 70 heavy (non-hydrogen) atoms. The van der Waals surface area contributed by atoms with E-state index in [1.54, 1.807) is 43.1 Å². The molecule has 0 unspecified atom stereocenters. The first-order valence-corrected chi connectivity index (χ1v) is 26.6. The van der Waals surface area contributed by atoms with Crippen LogP contribution < -0.4 is 20.7 Å².